The highest BCUT2D eigenvalue weighted by molar-refractivity contribution is 5.84. The van der Waals surface area contributed by atoms with Crippen LogP contribution < -0.4 is 0 Å². The molecule has 1 N–H and O–H groups in total. The van der Waals surface area contributed by atoms with E-state index in [1.165, 1.54) is 11.6 Å². The second-order valence-electron chi connectivity index (χ2n) is 6.69. The van der Waals surface area contributed by atoms with Gasteiger partial charge < -0.3 is 9.88 Å². The fourth-order valence-corrected chi connectivity index (χ4v) is 3.37. The lowest BCUT2D eigenvalue weighted by atomic mass is 9.89. The predicted molar refractivity (Wildman–Crippen MR) is 86.3 cm³/mol. The summed E-state index contributed by atoms with van der Waals surface area (Å²) in [5.41, 5.74) is 2.17. The molecule has 1 aliphatic rings. The van der Waals surface area contributed by atoms with Crippen molar-refractivity contribution in [1.29, 1.82) is 0 Å². The second-order valence-corrected chi connectivity index (χ2v) is 6.69. The first-order valence-electron chi connectivity index (χ1n) is 8.09. The van der Waals surface area contributed by atoms with Gasteiger partial charge in [0.1, 0.15) is 5.82 Å². The fraction of sp³-hybridized carbons (Fsp3) is 0.500. The Hall–Kier alpha value is -1.84. The summed E-state index contributed by atoms with van der Waals surface area (Å²) >= 11 is 0. The molecule has 0 unspecified atom stereocenters. The van der Waals surface area contributed by atoms with E-state index in [2.05, 4.69) is 18.8 Å². The number of rotatable bonds is 3. The summed E-state index contributed by atoms with van der Waals surface area (Å²) in [7, 11) is 0. The lowest BCUT2D eigenvalue weighted by Gasteiger charge is -2.32. The number of H-pyrrole nitrogens is 1. The summed E-state index contributed by atoms with van der Waals surface area (Å²) in [6, 6.07) is 4.88. The topological polar surface area (TPSA) is 36.1 Å². The van der Waals surface area contributed by atoms with Crippen LogP contribution in [0.3, 0.4) is 0 Å². The van der Waals surface area contributed by atoms with Crippen LogP contribution >= 0.6 is 0 Å². The van der Waals surface area contributed by atoms with Crippen LogP contribution in [0.1, 0.15) is 44.6 Å². The maximum Gasteiger partial charge on any atom is 0.222 e. The van der Waals surface area contributed by atoms with Gasteiger partial charge in [0.25, 0.3) is 0 Å². The van der Waals surface area contributed by atoms with Gasteiger partial charge in [-0.15, -0.1) is 0 Å². The Kier molecular flexibility index (Phi) is 4.19. The van der Waals surface area contributed by atoms with Crippen LogP contribution in [0, 0.1) is 11.7 Å². The number of hydrogen-bond acceptors (Lipinski definition) is 1. The van der Waals surface area contributed by atoms with E-state index < -0.39 is 0 Å². The van der Waals surface area contributed by atoms with Gasteiger partial charge >= 0.3 is 0 Å². The summed E-state index contributed by atoms with van der Waals surface area (Å²) in [4.78, 5) is 17.3. The van der Waals surface area contributed by atoms with Crippen LogP contribution in [0.25, 0.3) is 10.9 Å². The van der Waals surface area contributed by atoms with Gasteiger partial charge in [-0.25, -0.2) is 4.39 Å². The van der Waals surface area contributed by atoms with Crippen LogP contribution in [-0.2, 0) is 4.79 Å². The first kappa shape index (κ1) is 15.1. The van der Waals surface area contributed by atoms with Crippen molar-refractivity contribution in [3.63, 3.8) is 0 Å². The number of fused-ring (bicyclic) bond motifs is 1. The smallest absolute Gasteiger partial charge is 0.222 e. The minimum atomic E-state index is -0.196. The molecule has 3 rings (SSSR count). The zero-order chi connectivity index (χ0) is 15.7. The molecule has 2 heterocycles. The lowest BCUT2D eigenvalue weighted by molar-refractivity contribution is -0.133. The molecule has 3 nitrogen and oxygen atoms in total. The maximum absolute atomic E-state index is 13.5. The summed E-state index contributed by atoms with van der Waals surface area (Å²) in [6.07, 6.45) is 4.53. The Bertz CT molecular complexity index is 669. The summed E-state index contributed by atoms with van der Waals surface area (Å²) in [5, 5.41) is 0.979. The number of nitrogens with one attached hydrogen (secondary N) is 1. The Labute approximate surface area is 130 Å². The molecular weight excluding hydrogens is 279 g/mol. The Balaban J connectivity index is 1.70. The molecule has 0 saturated carbocycles. The first-order chi connectivity index (χ1) is 10.5. The van der Waals surface area contributed by atoms with Crippen molar-refractivity contribution in [3.8, 4) is 0 Å². The number of likely N-dealkylation sites (tertiary alicyclic amines) is 1. The molecule has 1 aromatic carbocycles. The zero-order valence-corrected chi connectivity index (χ0v) is 13.2. The van der Waals surface area contributed by atoms with Crippen LogP contribution in [0.5, 0.6) is 0 Å². The molecule has 4 heteroatoms. The van der Waals surface area contributed by atoms with Crippen molar-refractivity contribution in [2.24, 2.45) is 5.92 Å². The SMILES string of the molecule is CC(C)CC(=O)N1CCC(c2c[nH]c3ccc(F)cc23)CC1. The van der Waals surface area contributed by atoms with E-state index in [-0.39, 0.29) is 11.7 Å². The number of carbonyl (C=O) groups is 1. The predicted octanol–water partition coefficient (Wildman–Crippen LogP) is 4.06. The Morgan fingerprint density at radius 2 is 2.09 bits per heavy atom. The molecule has 1 saturated heterocycles. The molecule has 0 spiro atoms. The average Bonchev–Trinajstić information content (AvgIpc) is 2.89. The van der Waals surface area contributed by atoms with Gasteiger partial charge in [-0.2, -0.15) is 0 Å². The van der Waals surface area contributed by atoms with Crippen LogP contribution in [0.2, 0.25) is 0 Å². The number of nitrogens with zero attached hydrogens (tertiary/aromatic N) is 1. The van der Waals surface area contributed by atoms with E-state index in [4.69, 9.17) is 0 Å². The van der Waals surface area contributed by atoms with Gasteiger partial charge in [0.2, 0.25) is 5.91 Å². The van der Waals surface area contributed by atoms with Gasteiger partial charge in [0.15, 0.2) is 0 Å². The molecule has 1 fully saturated rings. The van der Waals surface area contributed by atoms with Crippen molar-refractivity contribution >= 4 is 16.8 Å². The largest absolute Gasteiger partial charge is 0.361 e. The highest BCUT2D eigenvalue weighted by Gasteiger charge is 2.25. The van der Waals surface area contributed by atoms with Gasteiger partial charge in [0.05, 0.1) is 0 Å². The molecule has 0 atom stereocenters. The normalized spacial score (nSPS) is 16.6. The molecule has 1 aromatic heterocycles. The maximum atomic E-state index is 13.5. The van der Waals surface area contributed by atoms with Gasteiger partial charge in [-0.1, -0.05) is 13.8 Å². The molecule has 22 heavy (non-hydrogen) atoms. The third-order valence-corrected chi connectivity index (χ3v) is 4.55. The second kappa shape index (κ2) is 6.11. The number of amides is 1. The lowest BCUT2D eigenvalue weighted by Crippen LogP contribution is -2.38. The zero-order valence-electron chi connectivity index (χ0n) is 13.2. The Morgan fingerprint density at radius 3 is 2.77 bits per heavy atom. The van der Waals surface area contributed by atoms with E-state index >= 15 is 0 Å². The highest BCUT2D eigenvalue weighted by Crippen LogP contribution is 2.33. The fourth-order valence-electron chi connectivity index (χ4n) is 3.37. The van der Waals surface area contributed by atoms with Crippen LogP contribution in [0.15, 0.2) is 24.4 Å². The molecule has 2 aromatic rings. The minimum absolute atomic E-state index is 0.196. The van der Waals surface area contributed by atoms with Crippen molar-refractivity contribution in [2.75, 3.05) is 13.1 Å². The molecule has 0 radical (unpaired) electrons. The Morgan fingerprint density at radius 1 is 1.36 bits per heavy atom. The third-order valence-electron chi connectivity index (χ3n) is 4.55. The molecule has 118 valence electrons. The van der Waals surface area contributed by atoms with E-state index in [1.807, 2.05) is 11.1 Å². The van der Waals surface area contributed by atoms with E-state index in [0.717, 1.165) is 36.8 Å². The molecule has 1 aliphatic heterocycles. The summed E-state index contributed by atoms with van der Waals surface area (Å²) < 4.78 is 13.5. The minimum Gasteiger partial charge on any atom is -0.361 e. The molecule has 1 amide bonds. The van der Waals surface area contributed by atoms with Crippen LogP contribution in [-0.4, -0.2) is 28.9 Å². The number of aromatic amines is 1. The number of hydrogen-bond donors (Lipinski definition) is 1. The number of aromatic nitrogens is 1. The quantitative estimate of drug-likeness (QED) is 0.912. The van der Waals surface area contributed by atoms with E-state index in [9.17, 15) is 9.18 Å². The standard InChI is InChI=1S/C18H23FN2O/c1-12(2)9-18(22)21-7-5-13(6-8-21)16-11-20-17-4-3-14(19)10-15(16)17/h3-4,10-13,20H,5-9H2,1-2H3. The number of benzene rings is 1. The van der Waals surface area contributed by atoms with Crippen molar-refractivity contribution in [2.45, 2.75) is 39.0 Å². The molecular formula is C18H23FN2O. The van der Waals surface area contributed by atoms with Gasteiger partial charge in [-0.3, -0.25) is 4.79 Å². The van der Waals surface area contributed by atoms with E-state index in [1.54, 1.807) is 12.1 Å². The van der Waals surface area contributed by atoms with Crippen LogP contribution in [0.4, 0.5) is 4.39 Å². The summed E-state index contributed by atoms with van der Waals surface area (Å²) in [5.74, 6) is 0.872. The number of halogens is 1. The van der Waals surface area contributed by atoms with Crippen molar-refractivity contribution in [1.82, 2.24) is 9.88 Å². The van der Waals surface area contributed by atoms with E-state index in [0.29, 0.717) is 18.3 Å². The summed E-state index contributed by atoms with van der Waals surface area (Å²) in [6.45, 7) is 5.76. The van der Waals surface area contributed by atoms with Gasteiger partial charge in [-0.05, 0) is 48.4 Å². The number of piperidine rings is 1. The highest BCUT2D eigenvalue weighted by atomic mass is 19.1. The monoisotopic (exact) mass is 302 g/mol. The number of carbonyl (C=O) groups excluding carboxylic acids is 1. The third kappa shape index (κ3) is 3.01. The first-order valence-corrected chi connectivity index (χ1v) is 8.09. The molecule has 0 aliphatic carbocycles. The average molecular weight is 302 g/mol. The van der Waals surface area contributed by atoms with Gasteiger partial charge in [0, 0.05) is 36.6 Å². The van der Waals surface area contributed by atoms with Crippen molar-refractivity contribution in [3.05, 3.63) is 35.8 Å². The van der Waals surface area contributed by atoms with Crippen molar-refractivity contribution < 1.29 is 9.18 Å². The molecule has 0 bridgehead atoms.